The van der Waals surface area contributed by atoms with Gasteiger partial charge in [0, 0.05) is 66.1 Å². The Kier molecular flexibility index (Phi) is 21.9. The molecule has 0 aromatic carbocycles. The average Bonchev–Trinajstić information content (AvgIpc) is 3.66. The van der Waals surface area contributed by atoms with Crippen molar-refractivity contribution in [2.24, 2.45) is 16.3 Å². The molecule has 9 nitrogen and oxygen atoms in total. The third kappa shape index (κ3) is 14.2. The number of hydrogen-bond donors (Lipinski definition) is 1. The molecule has 5 rings (SSSR count). The molecular formula is C43H73N7O2S. The summed E-state index contributed by atoms with van der Waals surface area (Å²) in [6.45, 7) is 39.2. The summed E-state index contributed by atoms with van der Waals surface area (Å²) in [5, 5.41) is 0. The number of thiol groups is 1. The predicted molar refractivity (Wildman–Crippen MR) is 232 cm³/mol. The second-order valence-corrected chi connectivity index (χ2v) is 14.8. The van der Waals surface area contributed by atoms with Gasteiger partial charge in [0.2, 0.25) is 5.75 Å². The molecule has 2 fully saturated rings. The van der Waals surface area contributed by atoms with Crippen molar-refractivity contribution in [2.45, 2.75) is 95.2 Å². The summed E-state index contributed by atoms with van der Waals surface area (Å²) in [7, 11) is 4.11. The van der Waals surface area contributed by atoms with Crippen molar-refractivity contribution >= 4 is 18.7 Å². The molecule has 53 heavy (non-hydrogen) atoms. The zero-order valence-corrected chi connectivity index (χ0v) is 36.4. The highest BCUT2D eigenvalue weighted by molar-refractivity contribution is 7.77. The van der Waals surface area contributed by atoms with E-state index < -0.39 is 0 Å². The molecule has 4 aliphatic rings. The van der Waals surface area contributed by atoms with Crippen molar-refractivity contribution in [1.29, 1.82) is 0 Å². The van der Waals surface area contributed by atoms with Crippen molar-refractivity contribution < 1.29 is 4.74 Å². The van der Waals surface area contributed by atoms with Crippen LogP contribution in [0.15, 0.2) is 88.0 Å². The van der Waals surface area contributed by atoms with Gasteiger partial charge in [-0.25, -0.2) is 9.98 Å². The number of hydrogen-bond acceptors (Lipinski definition) is 8. The standard InChI is InChI=1S/C21H30N4O2S.C16H27N3.2C2H6.C2H4/c1-4-17-10-23(9-15(17)3)11-19-22-8-18(20(26)25(19)5-2)27-12-16-6-21(7-16)13-24(28)14-21;1-7-8-15-11-19(10-14(15)4)12-16(18(5)6)17-9-13(2)3;3*1-2/h4,8,16,28H,1,5-7,9-14H2,2-3H3;7-9H,10-12H2,1-6H3;2*1-2H3;1-2H2/b;8-7-,17-16?;;;. The molecule has 4 heterocycles. The fourth-order valence-corrected chi connectivity index (χ4v) is 7.63. The summed E-state index contributed by atoms with van der Waals surface area (Å²) in [5.41, 5.74) is 7.15. The molecule has 0 radical (unpaired) electrons. The van der Waals surface area contributed by atoms with Gasteiger partial charge in [0.1, 0.15) is 11.7 Å². The SMILES string of the molecule is C/C=C\C1=C(C)CN(CC(=NC=C(C)C)N(C)C)C1.C=C.C=CC1=C(C)CN(Cc2ncc(OCC3CC4(C3)CN(S)C4)c(=O)n2CC)C1.CC.CC. The minimum absolute atomic E-state index is 0.0699. The van der Waals surface area contributed by atoms with Gasteiger partial charge >= 0.3 is 0 Å². The van der Waals surface area contributed by atoms with Crippen molar-refractivity contribution in [3.8, 4) is 5.75 Å². The van der Waals surface area contributed by atoms with Crippen LogP contribution in [0.25, 0.3) is 0 Å². The van der Waals surface area contributed by atoms with Crippen molar-refractivity contribution in [1.82, 2.24) is 28.6 Å². The van der Waals surface area contributed by atoms with Crippen molar-refractivity contribution in [3.63, 3.8) is 0 Å². The predicted octanol–water partition coefficient (Wildman–Crippen LogP) is 8.45. The van der Waals surface area contributed by atoms with Crippen LogP contribution < -0.4 is 10.3 Å². The van der Waals surface area contributed by atoms with E-state index in [1.165, 1.54) is 40.7 Å². The Labute approximate surface area is 329 Å². The largest absolute Gasteiger partial charge is 0.486 e. The van der Waals surface area contributed by atoms with E-state index >= 15 is 0 Å². The van der Waals surface area contributed by atoms with E-state index in [2.05, 4.69) is 122 Å². The molecule has 1 saturated heterocycles. The van der Waals surface area contributed by atoms with Gasteiger partial charge in [-0.05, 0) is 76.9 Å². The first kappa shape index (κ1) is 47.8. The van der Waals surface area contributed by atoms with Crippen LogP contribution in [0.5, 0.6) is 5.75 Å². The first-order valence-electron chi connectivity index (χ1n) is 19.5. The van der Waals surface area contributed by atoms with Gasteiger partial charge in [-0.15, -0.1) is 13.2 Å². The van der Waals surface area contributed by atoms with E-state index in [-0.39, 0.29) is 5.56 Å². The molecule has 298 valence electrons. The van der Waals surface area contributed by atoms with Gasteiger partial charge in [-0.2, -0.15) is 0 Å². The lowest BCUT2D eigenvalue weighted by atomic mass is 9.59. The molecule has 0 N–H and O–H groups in total. The van der Waals surface area contributed by atoms with Crippen molar-refractivity contribution in [2.75, 3.05) is 66.5 Å². The molecule has 1 aliphatic carbocycles. The molecule has 0 bridgehead atoms. The molecule has 1 aromatic heterocycles. The molecule has 0 amide bonds. The lowest BCUT2D eigenvalue weighted by Gasteiger charge is -2.57. The monoisotopic (exact) mass is 752 g/mol. The number of amidine groups is 1. The van der Waals surface area contributed by atoms with Crippen LogP contribution >= 0.6 is 12.8 Å². The van der Waals surface area contributed by atoms with E-state index in [4.69, 9.17) is 4.74 Å². The average molecular weight is 752 g/mol. The minimum atomic E-state index is -0.0699. The molecular weight excluding hydrogens is 679 g/mol. The van der Waals surface area contributed by atoms with E-state index in [1.807, 2.05) is 46.9 Å². The molecule has 1 spiro atoms. The van der Waals surface area contributed by atoms with Gasteiger partial charge in [0.05, 0.1) is 25.9 Å². The Morgan fingerprint density at radius 2 is 1.62 bits per heavy atom. The first-order chi connectivity index (χ1) is 25.4. The van der Waals surface area contributed by atoms with Gasteiger partial charge in [0.15, 0.2) is 0 Å². The summed E-state index contributed by atoms with van der Waals surface area (Å²) in [6, 6.07) is 0. The zero-order chi connectivity index (χ0) is 40.3. The van der Waals surface area contributed by atoms with Crippen LogP contribution in [0.3, 0.4) is 0 Å². The fraction of sp³-hybridized carbons (Fsp3) is 0.605. The zero-order valence-electron chi connectivity index (χ0n) is 35.5. The van der Waals surface area contributed by atoms with E-state index in [0.29, 0.717) is 36.8 Å². The Morgan fingerprint density at radius 1 is 1.04 bits per heavy atom. The maximum Gasteiger partial charge on any atom is 0.295 e. The van der Waals surface area contributed by atoms with Gasteiger partial charge in [0.25, 0.3) is 5.56 Å². The molecule has 1 aromatic rings. The third-order valence-electron chi connectivity index (χ3n) is 9.51. The number of ether oxygens (including phenoxy) is 1. The Morgan fingerprint density at radius 3 is 2.13 bits per heavy atom. The number of nitrogens with zero attached hydrogens (tertiary/aromatic N) is 7. The van der Waals surface area contributed by atoms with Crippen LogP contribution in [0.4, 0.5) is 0 Å². The van der Waals surface area contributed by atoms with Crippen LogP contribution in [-0.4, -0.2) is 101 Å². The lowest BCUT2D eigenvalue weighted by molar-refractivity contribution is -0.0607. The van der Waals surface area contributed by atoms with Crippen LogP contribution in [0, 0.1) is 11.3 Å². The van der Waals surface area contributed by atoms with Gasteiger partial charge < -0.3 is 9.64 Å². The van der Waals surface area contributed by atoms with Crippen LogP contribution in [0.1, 0.15) is 87.9 Å². The normalized spacial score (nSPS) is 18.4. The summed E-state index contributed by atoms with van der Waals surface area (Å²) < 4.78 is 9.69. The van der Waals surface area contributed by atoms with Crippen LogP contribution in [0.2, 0.25) is 0 Å². The second kappa shape index (κ2) is 24.3. The molecule has 3 aliphatic heterocycles. The van der Waals surface area contributed by atoms with Gasteiger partial charge in [-0.3, -0.25) is 23.5 Å². The second-order valence-electron chi connectivity index (χ2n) is 14.2. The lowest BCUT2D eigenvalue weighted by Crippen LogP contribution is -2.59. The molecule has 10 heteroatoms. The Hall–Kier alpha value is -3.18. The smallest absolute Gasteiger partial charge is 0.295 e. The summed E-state index contributed by atoms with van der Waals surface area (Å²) in [6.07, 6.45) is 12.2. The molecule has 0 atom stereocenters. The summed E-state index contributed by atoms with van der Waals surface area (Å²) in [4.78, 5) is 28.9. The maximum absolute atomic E-state index is 12.9. The number of aromatic nitrogens is 2. The highest BCUT2D eigenvalue weighted by Gasteiger charge is 2.51. The van der Waals surface area contributed by atoms with Crippen molar-refractivity contribution in [3.05, 3.63) is 94.4 Å². The minimum Gasteiger partial charge on any atom is -0.486 e. The maximum atomic E-state index is 12.9. The van der Waals surface area contributed by atoms with Gasteiger partial charge in [-0.1, -0.05) is 82.0 Å². The molecule has 1 saturated carbocycles. The third-order valence-corrected chi connectivity index (χ3v) is 9.79. The molecule has 0 unspecified atom stereocenters. The summed E-state index contributed by atoms with van der Waals surface area (Å²) >= 11 is 4.37. The highest BCUT2D eigenvalue weighted by atomic mass is 32.1. The number of rotatable bonds is 11. The number of allylic oxidation sites excluding steroid dienone is 2. The topological polar surface area (TPSA) is 69.4 Å². The Balaban J connectivity index is 0.000000492. The number of aliphatic imine (C=N–C) groups is 1. The van der Waals surface area contributed by atoms with E-state index in [9.17, 15) is 4.79 Å². The summed E-state index contributed by atoms with van der Waals surface area (Å²) in [5.74, 6) is 2.81. The van der Waals surface area contributed by atoms with E-state index in [1.54, 1.807) is 10.8 Å². The van der Waals surface area contributed by atoms with Crippen LogP contribution in [-0.2, 0) is 13.1 Å². The highest BCUT2D eigenvalue weighted by Crippen LogP contribution is 2.52. The fourth-order valence-electron chi connectivity index (χ4n) is 7.03. The van der Waals surface area contributed by atoms with E-state index in [0.717, 1.165) is 57.5 Å². The number of likely N-dealkylation sites (N-methyl/N-ethyl adjacent to an activating group) is 1. The quantitative estimate of drug-likeness (QED) is 0.105. The Bertz CT molecular complexity index is 1500. The first-order valence-corrected chi connectivity index (χ1v) is 19.9.